The fraction of sp³-hybridized carbons (Fsp3) is 0.917. The summed E-state index contributed by atoms with van der Waals surface area (Å²) in [7, 11) is 3.33. The molecule has 0 aliphatic heterocycles. The molecule has 1 fully saturated rings. The van der Waals surface area contributed by atoms with E-state index in [2.05, 4.69) is 0 Å². The second kappa shape index (κ2) is 6.23. The number of Topliss-reactive ketones (excluding diaryl/α,β-unsaturated/α-hetero) is 1. The first-order valence-electron chi connectivity index (χ1n) is 5.82. The van der Waals surface area contributed by atoms with Gasteiger partial charge in [-0.15, -0.1) is 0 Å². The van der Waals surface area contributed by atoms with Crippen LogP contribution in [0.4, 0.5) is 0 Å². The first-order valence-corrected chi connectivity index (χ1v) is 5.82. The predicted octanol–water partition coefficient (Wildman–Crippen LogP) is 2.33. The molecule has 1 rings (SSSR count). The zero-order valence-electron chi connectivity index (χ0n) is 9.88. The molecule has 1 aliphatic rings. The summed E-state index contributed by atoms with van der Waals surface area (Å²) in [6, 6.07) is 0. The molecule has 0 aromatic carbocycles. The highest BCUT2D eigenvalue weighted by atomic mass is 16.5. The van der Waals surface area contributed by atoms with Crippen LogP contribution in [0.3, 0.4) is 0 Å². The Kier molecular flexibility index (Phi) is 5.26. The molecule has 15 heavy (non-hydrogen) atoms. The lowest BCUT2D eigenvalue weighted by molar-refractivity contribution is -0.145. The van der Waals surface area contributed by atoms with Crippen LogP contribution in [0.15, 0.2) is 0 Å². The molecule has 0 bridgehead atoms. The van der Waals surface area contributed by atoms with E-state index in [0.29, 0.717) is 13.0 Å². The van der Waals surface area contributed by atoms with Crippen LogP contribution in [-0.4, -0.2) is 32.2 Å². The molecule has 1 aliphatic carbocycles. The Labute approximate surface area is 92.1 Å². The maximum Gasteiger partial charge on any atom is 0.164 e. The van der Waals surface area contributed by atoms with Crippen molar-refractivity contribution in [2.24, 2.45) is 0 Å². The molecule has 0 amide bonds. The van der Waals surface area contributed by atoms with Gasteiger partial charge in [-0.3, -0.25) is 4.79 Å². The van der Waals surface area contributed by atoms with E-state index < -0.39 is 5.60 Å². The Bertz CT molecular complexity index is 195. The van der Waals surface area contributed by atoms with Crippen molar-refractivity contribution in [1.82, 2.24) is 0 Å². The van der Waals surface area contributed by atoms with E-state index >= 15 is 0 Å². The monoisotopic (exact) mass is 214 g/mol. The molecule has 0 radical (unpaired) electrons. The van der Waals surface area contributed by atoms with Crippen molar-refractivity contribution in [3.63, 3.8) is 0 Å². The van der Waals surface area contributed by atoms with Crippen LogP contribution in [-0.2, 0) is 14.3 Å². The van der Waals surface area contributed by atoms with Crippen LogP contribution in [0.25, 0.3) is 0 Å². The Morgan fingerprint density at radius 3 is 2.40 bits per heavy atom. The second-order valence-electron chi connectivity index (χ2n) is 4.28. The highest BCUT2D eigenvalue weighted by Gasteiger charge is 2.38. The van der Waals surface area contributed by atoms with Gasteiger partial charge in [-0.05, 0) is 19.3 Å². The molecular weight excluding hydrogens is 192 g/mol. The summed E-state index contributed by atoms with van der Waals surface area (Å²) < 4.78 is 10.4. The molecule has 0 N–H and O–H groups in total. The second-order valence-corrected chi connectivity index (χ2v) is 4.28. The van der Waals surface area contributed by atoms with E-state index in [0.717, 1.165) is 32.1 Å². The van der Waals surface area contributed by atoms with Gasteiger partial charge in [0, 0.05) is 27.2 Å². The zero-order chi connectivity index (χ0) is 11.1. The minimum absolute atomic E-state index is 0.266. The molecule has 0 aromatic heterocycles. The molecule has 3 nitrogen and oxygen atoms in total. The van der Waals surface area contributed by atoms with Crippen LogP contribution in [0.5, 0.6) is 0 Å². The van der Waals surface area contributed by atoms with Crippen molar-refractivity contribution in [2.75, 3.05) is 20.8 Å². The average molecular weight is 214 g/mol. The smallest absolute Gasteiger partial charge is 0.164 e. The Morgan fingerprint density at radius 2 is 1.87 bits per heavy atom. The molecule has 0 spiro atoms. The van der Waals surface area contributed by atoms with E-state index in [9.17, 15) is 4.79 Å². The number of hydrogen-bond donors (Lipinski definition) is 0. The quantitative estimate of drug-likeness (QED) is 0.637. The third-order valence-corrected chi connectivity index (χ3v) is 3.31. The third kappa shape index (κ3) is 3.28. The molecule has 3 heteroatoms. The maximum absolute atomic E-state index is 12.0. The Balaban J connectivity index is 2.45. The van der Waals surface area contributed by atoms with Crippen molar-refractivity contribution >= 4 is 5.78 Å². The van der Waals surface area contributed by atoms with Crippen LogP contribution >= 0.6 is 0 Å². The summed E-state index contributed by atoms with van der Waals surface area (Å²) in [5, 5.41) is 0. The molecule has 1 saturated carbocycles. The van der Waals surface area contributed by atoms with Gasteiger partial charge < -0.3 is 9.47 Å². The largest absolute Gasteiger partial charge is 0.385 e. The number of rotatable bonds is 6. The SMILES string of the molecule is COCCCC(=O)C1(OC)CCCCC1. The van der Waals surface area contributed by atoms with Gasteiger partial charge in [0.1, 0.15) is 5.60 Å². The summed E-state index contributed by atoms with van der Waals surface area (Å²) in [4.78, 5) is 12.0. The summed E-state index contributed by atoms with van der Waals surface area (Å²) >= 11 is 0. The van der Waals surface area contributed by atoms with Gasteiger partial charge in [-0.1, -0.05) is 19.3 Å². The minimum Gasteiger partial charge on any atom is -0.385 e. The van der Waals surface area contributed by atoms with Gasteiger partial charge in [0.2, 0.25) is 0 Å². The predicted molar refractivity (Wildman–Crippen MR) is 58.9 cm³/mol. The van der Waals surface area contributed by atoms with Crippen LogP contribution in [0.1, 0.15) is 44.9 Å². The van der Waals surface area contributed by atoms with E-state index in [1.165, 1.54) is 6.42 Å². The molecule has 0 aromatic rings. The van der Waals surface area contributed by atoms with Gasteiger partial charge in [0.05, 0.1) is 0 Å². The molecule has 88 valence electrons. The van der Waals surface area contributed by atoms with Gasteiger partial charge in [0.25, 0.3) is 0 Å². The lowest BCUT2D eigenvalue weighted by Crippen LogP contribution is -2.42. The summed E-state index contributed by atoms with van der Waals surface area (Å²) in [5.74, 6) is 0.266. The number of carbonyl (C=O) groups excluding carboxylic acids is 1. The maximum atomic E-state index is 12.0. The van der Waals surface area contributed by atoms with E-state index in [-0.39, 0.29) is 5.78 Å². The number of ether oxygens (including phenoxy) is 2. The van der Waals surface area contributed by atoms with Crippen LogP contribution in [0, 0.1) is 0 Å². The topological polar surface area (TPSA) is 35.5 Å². The van der Waals surface area contributed by atoms with E-state index in [1.807, 2.05) is 0 Å². The lowest BCUT2D eigenvalue weighted by atomic mass is 9.80. The minimum atomic E-state index is -0.466. The first kappa shape index (κ1) is 12.7. The summed E-state index contributed by atoms with van der Waals surface area (Å²) in [5.41, 5.74) is -0.466. The van der Waals surface area contributed by atoms with Crippen molar-refractivity contribution in [1.29, 1.82) is 0 Å². The van der Waals surface area contributed by atoms with Gasteiger partial charge >= 0.3 is 0 Å². The molecular formula is C12H22O3. The first-order chi connectivity index (χ1) is 7.25. The van der Waals surface area contributed by atoms with Crippen LogP contribution < -0.4 is 0 Å². The Hall–Kier alpha value is -0.410. The number of ketones is 1. The fourth-order valence-electron chi connectivity index (χ4n) is 2.32. The van der Waals surface area contributed by atoms with Gasteiger partial charge in [0.15, 0.2) is 5.78 Å². The number of hydrogen-bond acceptors (Lipinski definition) is 3. The number of carbonyl (C=O) groups is 1. The van der Waals surface area contributed by atoms with Crippen molar-refractivity contribution in [3.05, 3.63) is 0 Å². The molecule has 0 atom stereocenters. The molecule has 0 saturated heterocycles. The fourth-order valence-corrected chi connectivity index (χ4v) is 2.32. The normalized spacial score (nSPS) is 20.1. The lowest BCUT2D eigenvalue weighted by Gasteiger charge is -2.34. The van der Waals surface area contributed by atoms with E-state index in [1.54, 1.807) is 14.2 Å². The molecule has 0 unspecified atom stereocenters. The summed E-state index contributed by atoms with van der Waals surface area (Å²) in [6.45, 7) is 0.658. The van der Waals surface area contributed by atoms with Crippen molar-refractivity contribution in [3.8, 4) is 0 Å². The molecule has 0 heterocycles. The van der Waals surface area contributed by atoms with E-state index in [4.69, 9.17) is 9.47 Å². The zero-order valence-corrected chi connectivity index (χ0v) is 9.88. The van der Waals surface area contributed by atoms with Gasteiger partial charge in [-0.2, -0.15) is 0 Å². The van der Waals surface area contributed by atoms with Gasteiger partial charge in [-0.25, -0.2) is 0 Å². The highest BCUT2D eigenvalue weighted by molar-refractivity contribution is 5.87. The van der Waals surface area contributed by atoms with Crippen LogP contribution in [0.2, 0.25) is 0 Å². The number of methoxy groups -OCH3 is 2. The average Bonchev–Trinajstić information content (AvgIpc) is 2.30. The van der Waals surface area contributed by atoms with Crippen molar-refractivity contribution < 1.29 is 14.3 Å². The third-order valence-electron chi connectivity index (χ3n) is 3.31. The Morgan fingerprint density at radius 1 is 1.20 bits per heavy atom. The summed E-state index contributed by atoms with van der Waals surface area (Å²) in [6.07, 6.45) is 6.65. The standard InChI is InChI=1S/C12H22O3/c1-14-10-6-7-11(13)12(15-2)8-4-3-5-9-12/h3-10H2,1-2H3. The highest BCUT2D eigenvalue weighted by Crippen LogP contribution is 2.33. The van der Waals surface area contributed by atoms with Crippen molar-refractivity contribution in [2.45, 2.75) is 50.5 Å².